The van der Waals surface area contributed by atoms with Gasteiger partial charge in [0.25, 0.3) is 0 Å². The van der Waals surface area contributed by atoms with Crippen molar-refractivity contribution in [2.75, 3.05) is 13.7 Å². The summed E-state index contributed by atoms with van der Waals surface area (Å²) in [5, 5.41) is 0.947. The van der Waals surface area contributed by atoms with Crippen LogP contribution < -0.4 is 4.74 Å². The summed E-state index contributed by atoms with van der Waals surface area (Å²) in [6.07, 6.45) is 3.44. The number of nitrogens with zero attached hydrogens (tertiary/aromatic N) is 2. The molecule has 0 spiro atoms. The van der Waals surface area contributed by atoms with Crippen molar-refractivity contribution in [3.63, 3.8) is 0 Å². The predicted octanol–water partition coefficient (Wildman–Crippen LogP) is 2.48. The number of pyridine rings is 2. The van der Waals surface area contributed by atoms with E-state index in [1.807, 2.05) is 12.1 Å². The van der Waals surface area contributed by atoms with Crippen molar-refractivity contribution in [3.8, 4) is 5.88 Å². The summed E-state index contributed by atoms with van der Waals surface area (Å²) in [5.74, 6) is 0.0306. The molecule has 2 heterocycles. The standard InChI is InChI=1S/C15H18N2O3/c1-15(2,3)11-7-10-8-16-6-5-12(10)17-14(11)20-9-13(18)19-4/h5-8H,9H2,1-4H3. The lowest BCUT2D eigenvalue weighted by atomic mass is 9.87. The Morgan fingerprint density at radius 3 is 2.75 bits per heavy atom. The fourth-order valence-electron chi connectivity index (χ4n) is 1.83. The second kappa shape index (κ2) is 5.45. The van der Waals surface area contributed by atoms with Gasteiger partial charge in [-0.15, -0.1) is 0 Å². The van der Waals surface area contributed by atoms with Crippen LogP contribution in [0.4, 0.5) is 0 Å². The molecule has 2 aromatic heterocycles. The molecule has 0 saturated heterocycles. The average Bonchev–Trinajstić information content (AvgIpc) is 2.42. The molecule has 2 aromatic rings. The second-order valence-electron chi connectivity index (χ2n) is 5.52. The largest absolute Gasteiger partial charge is 0.466 e. The van der Waals surface area contributed by atoms with Crippen LogP contribution in [0.5, 0.6) is 5.88 Å². The molecule has 0 N–H and O–H groups in total. The topological polar surface area (TPSA) is 61.3 Å². The SMILES string of the molecule is COC(=O)COc1nc2ccncc2cc1C(C)(C)C. The first-order valence-electron chi connectivity index (χ1n) is 6.36. The highest BCUT2D eigenvalue weighted by Gasteiger charge is 2.22. The van der Waals surface area contributed by atoms with Gasteiger partial charge >= 0.3 is 5.97 Å². The summed E-state index contributed by atoms with van der Waals surface area (Å²) in [4.78, 5) is 19.8. The van der Waals surface area contributed by atoms with Crippen LogP contribution in [-0.2, 0) is 14.9 Å². The fourth-order valence-corrected chi connectivity index (χ4v) is 1.83. The van der Waals surface area contributed by atoms with Crippen LogP contribution in [0.2, 0.25) is 0 Å². The molecule has 0 aromatic carbocycles. The number of rotatable bonds is 3. The maximum Gasteiger partial charge on any atom is 0.343 e. The van der Waals surface area contributed by atoms with Gasteiger partial charge in [0.05, 0.1) is 12.6 Å². The van der Waals surface area contributed by atoms with Crippen LogP contribution in [0, 0.1) is 0 Å². The zero-order valence-electron chi connectivity index (χ0n) is 12.1. The number of aromatic nitrogens is 2. The Morgan fingerprint density at radius 1 is 1.35 bits per heavy atom. The van der Waals surface area contributed by atoms with E-state index >= 15 is 0 Å². The maximum absolute atomic E-state index is 11.2. The van der Waals surface area contributed by atoms with Gasteiger partial charge < -0.3 is 9.47 Å². The maximum atomic E-state index is 11.2. The van der Waals surface area contributed by atoms with Gasteiger partial charge in [-0.3, -0.25) is 4.98 Å². The molecule has 0 atom stereocenters. The number of hydrogen-bond acceptors (Lipinski definition) is 5. The third-order valence-corrected chi connectivity index (χ3v) is 2.94. The van der Waals surface area contributed by atoms with Crippen LogP contribution in [0.25, 0.3) is 10.9 Å². The molecule has 0 radical (unpaired) electrons. The van der Waals surface area contributed by atoms with E-state index in [1.54, 1.807) is 12.4 Å². The molecule has 20 heavy (non-hydrogen) atoms. The predicted molar refractivity (Wildman–Crippen MR) is 75.7 cm³/mol. The van der Waals surface area contributed by atoms with E-state index in [4.69, 9.17) is 4.74 Å². The van der Waals surface area contributed by atoms with Crippen molar-refractivity contribution in [2.45, 2.75) is 26.2 Å². The van der Waals surface area contributed by atoms with Crippen molar-refractivity contribution in [2.24, 2.45) is 0 Å². The Morgan fingerprint density at radius 2 is 2.10 bits per heavy atom. The van der Waals surface area contributed by atoms with Crippen molar-refractivity contribution in [3.05, 3.63) is 30.1 Å². The van der Waals surface area contributed by atoms with Gasteiger partial charge in [0.2, 0.25) is 5.88 Å². The Balaban J connectivity index is 2.46. The molecule has 0 bridgehead atoms. The second-order valence-corrected chi connectivity index (χ2v) is 5.52. The van der Waals surface area contributed by atoms with Crippen molar-refractivity contribution < 1.29 is 14.3 Å². The van der Waals surface area contributed by atoms with E-state index < -0.39 is 5.97 Å². The minimum Gasteiger partial charge on any atom is -0.466 e. The van der Waals surface area contributed by atoms with E-state index in [1.165, 1.54) is 7.11 Å². The van der Waals surface area contributed by atoms with Crippen LogP contribution >= 0.6 is 0 Å². The molecule has 106 valence electrons. The highest BCUT2D eigenvalue weighted by atomic mass is 16.6. The molecular weight excluding hydrogens is 256 g/mol. The molecular formula is C15H18N2O3. The number of methoxy groups -OCH3 is 1. The van der Waals surface area contributed by atoms with Gasteiger partial charge in [-0.2, -0.15) is 0 Å². The summed E-state index contributed by atoms with van der Waals surface area (Å²) in [7, 11) is 1.33. The summed E-state index contributed by atoms with van der Waals surface area (Å²) < 4.78 is 10.1. The highest BCUT2D eigenvalue weighted by Crippen LogP contribution is 2.32. The van der Waals surface area contributed by atoms with Crippen molar-refractivity contribution in [1.82, 2.24) is 9.97 Å². The molecule has 0 aliphatic rings. The lowest BCUT2D eigenvalue weighted by molar-refractivity contribution is -0.143. The molecule has 0 aliphatic heterocycles. The smallest absolute Gasteiger partial charge is 0.343 e. The Kier molecular flexibility index (Phi) is 3.88. The summed E-state index contributed by atoms with van der Waals surface area (Å²) in [6, 6.07) is 3.81. The van der Waals surface area contributed by atoms with Crippen LogP contribution in [-0.4, -0.2) is 29.7 Å². The zero-order chi connectivity index (χ0) is 14.8. The van der Waals surface area contributed by atoms with E-state index in [2.05, 4.69) is 35.5 Å². The van der Waals surface area contributed by atoms with Gasteiger partial charge in [-0.1, -0.05) is 20.8 Å². The minimum absolute atomic E-state index is 0.150. The molecule has 0 saturated carbocycles. The molecule has 2 rings (SSSR count). The number of hydrogen-bond donors (Lipinski definition) is 0. The van der Waals surface area contributed by atoms with Crippen LogP contribution in [0.15, 0.2) is 24.5 Å². The summed E-state index contributed by atoms with van der Waals surface area (Å²) in [5.41, 5.74) is 1.57. The number of carbonyl (C=O) groups is 1. The van der Waals surface area contributed by atoms with E-state index in [9.17, 15) is 4.79 Å². The van der Waals surface area contributed by atoms with Gasteiger partial charge in [-0.05, 0) is 17.5 Å². The average molecular weight is 274 g/mol. The lowest BCUT2D eigenvalue weighted by Crippen LogP contribution is -2.18. The quantitative estimate of drug-likeness (QED) is 0.805. The Labute approximate surface area is 117 Å². The third kappa shape index (κ3) is 3.04. The first-order chi connectivity index (χ1) is 9.41. The highest BCUT2D eigenvalue weighted by molar-refractivity contribution is 5.79. The lowest BCUT2D eigenvalue weighted by Gasteiger charge is -2.22. The number of ether oxygens (including phenoxy) is 2. The molecule has 0 aliphatic carbocycles. The summed E-state index contributed by atoms with van der Waals surface area (Å²) in [6.45, 7) is 6.05. The number of carbonyl (C=O) groups excluding carboxylic acids is 1. The number of fused-ring (bicyclic) bond motifs is 1. The number of esters is 1. The Bertz CT molecular complexity index is 633. The normalized spacial score (nSPS) is 11.4. The first-order valence-corrected chi connectivity index (χ1v) is 6.36. The van der Waals surface area contributed by atoms with Gasteiger partial charge in [-0.25, -0.2) is 9.78 Å². The molecule has 0 fully saturated rings. The minimum atomic E-state index is -0.429. The van der Waals surface area contributed by atoms with E-state index in [0.717, 1.165) is 16.5 Å². The zero-order valence-corrected chi connectivity index (χ0v) is 12.1. The third-order valence-electron chi connectivity index (χ3n) is 2.94. The summed E-state index contributed by atoms with van der Waals surface area (Å²) >= 11 is 0. The van der Waals surface area contributed by atoms with E-state index in [0.29, 0.717) is 5.88 Å². The molecule has 0 unspecified atom stereocenters. The van der Waals surface area contributed by atoms with Gasteiger partial charge in [0.15, 0.2) is 6.61 Å². The van der Waals surface area contributed by atoms with Crippen LogP contribution in [0.3, 0.4) is 0 Å². The Hall–Kier alpha value is -2.17. The van der Waals surface area contributed by atoms with Crippen molar-refractivity contribution >= 4 is 16.9 Å². The molecule has 0 amide bonds. The fraction of sp³-hybridized carbons (Fsp3) is 0.400. The van der Waals surface area contributed by atoms with Gasteiger partial charge in [0.1, 0.15) is 0 Å². The monoisotopic (exact) mass is 274 g/mol. The van der Waals surface area contributed by atoms with Crippen LogP contribution in [0.1, 0.15) is 26.3 Å². The van der Waals surface area contributed by atoms with E-state index in [-0.39, 0.29) is 12.0 Å². The molecule has 5 nitrogen and oxygen atoms in total. The van der Waals surface area contributed by atoms with Gasteiger partial charge in [0, 0.05) is 23.3 Å². The van der Waals surface area contributed by atoms with Crippen molar-refractivity contribution in [1.29, 1.82) is 0 Å². The molecule has 5 heteroatoms. The first kappa shape index (κ1) is 14.2.